The Balaban J connectivity index is 1.35. The summed E-state index contributed by atoms with van der Waals surface area (Å²) in [5.41, 5.74) is 1.83. The number of ether oxygens (including phenoxy) is 1. The first-order chi connectivity index (χ1) is 15.1. The van der Waals surface area contributed by atoms with Gasteiger partial charge in [0.25, 0.3) is 0 Å². The van der Waals surface area contributed by atoms with Crippen LogP contribution in [-0.2, 0) is 9.53 Å². The molecule has 0 aliphatic carbocycles. The topological polar surface area (TPSA) is 102 Å². The van der Waals surface area contributed by atoms with Crippen LogP contribution >= 0.6 is 0 Å². The number of esters is 1. The molecule has 31 heavy (non-hydrogen) atoms. The van der Waals surface area contributed by atoms with Gasteiger partial charge in [0, 0.05) is 18.8 Å². The number of piperidine rings is 1. The monoisotopic (exact) mass is 422 g/mol. The van der Waals surface area contributed by atoms with Gasteiger partial charge in [-0.1, -0.05) is 13.3 Å². The van der Waals surface area contributed by atoms with E-state index < -0.39 is 0 Å². The van der Waals surface area contributed by atoms with Gasteiger partial charge in [0.1, 0.15) is 12.1 Å². The standard InChI is InChI=1S/C22H26N6O3/c1-2-3-13-31-22(30)16-6-8-18(9-7-16)24-21(29)17-5-4-12-27(14-17)20-11-10-19-25-23-15-28(19)26-20/h6-11,15,17H,2-5,12-14H2,1H3,(H,24,29)/t17-/m0/s1. The van der Waals surface area contributed by atoms with Gasteiger partial charge < -0.3 is 15.0 Å². The van der Waals surface area contributed by atoms with Crippen molar-refractivity contribution in [2.75, 3.05) is 29.9 Å². The van der Waals surface area contributed by atoms with Crippen LogP contribution in [0.4, 0.5) is 11.5 Å². The van der Waals surface area contributed by atoms with Crippen molar-refractivity contribution in [2.45, 2.75) is 32.6 Å². The lowest BCUT2D eigenvalue weighted by molar-refractivity contribution is -0.120. The molecule has 2 aromatic heterocycles. The van der Waals surface area contributed by atoms with Crippen molar-refractivity contribution in [3.63, 3.8) is 0 Å². The van der Waals surface area contributed by atoms with Crippen LogP contribution < -0.4 is 10.2 Å². The van der Waals surface area contributed by atoms with E-state index in [1.165, 1.54) is 0 Å². The Morgan fingerprint density at radius 2 is 2.03 bits per heavy atom. The molecule has 4 rings (SSSR count). The molecule has 1 aliphatic heterocycles. The number of aromatic nitrogens is 4. The summed E-state index contributed by atoms with van der Waals surface area (Å²) < 4.78 is 6.85. The van der Waals surface area contributed by atoms with Gasteiger partial charge in [-0.15, -0.1) is 15.3 Å². The van der Waals surface area contributed by atoms with Crippen molar-refractivity contribution in [2.24, 2.45) is 5.92 Å². The molecule has 1 aliphatic rings. The van der Waals surface area contributed by atoms with Gasteiger partial charge in [-0.2, -0.15) is 4.52 Å². The first-order valence-corrected chi connectivity index (χ1v) is 10.6. The zero-order chi connectivity index (χ0) is 21.6. The maximum absolute atomic E-state index is 12.8. The van der Waals surface area contributed by atoms with Crippen LogP contribution in [0.15, 0.2) is 42.7 Å². The van der Waals surface area contributed by atoms with Crippen LogP contribution in [0.2, 0.25) is 0 Å². The fraction of sp³-hybridized carbons (Fsp3) is 0.409. The lowest BCUT2D eigenvalue weighted by Gasteiger charge is -2.32. The number of benzene rings is 1. The summed E-state index contributed by atoms with van der Waals surface area (Å²) in [6, 6.07) is 10.6. The minimum absolute atomic E-state index is 0.0339. The van der Waals surface area contributed by atoms with Crippen molar-refractivity contribution in [3.05, 3.63) is 48.3 Å². The highest BCUT2D eigenvalue weighted by Crippen LogP contribution is 2.23. The zero-order valence-electron chi connectivity index (χ0n) is 17.5. The molecule has 1 saturated heterocycles. The Labute approximate surface area is 180 Å². The molecule has 0 saturated carbocycles. The van der Waals surface area contributed by atoms with Gasteiger partial charge in [-0.05, 0) is 55.7 Å². The molecule has 0 bridgehead atoms. The molecular weight excluding hydrogens is 396 g/mol. The van der Waals surface area contributed by atoms with E-state index in [4.69, 9.17) is 4.74 Å². The lowest BCUT2D eigenvalue weighted by atomic mass is 9.97. The third-order valence-electron chi connectivity index (χ3n) is 5.38. The molecule has 1 fully saturated rings. The molecule has 0 unspecified atom stereocenters. The van der Waals surface area contributed by atoms with E-state index in [2.05, 4.69) is 25.5 Å². The number of nitrogens with one attached hydrogen (secondary N) is 1. The number of unbranched alkanes of at least 4 members (excludes halogenated alkanes) is 1. The highest BCUT2D eigenvalue weighted by molar-refractivity contribution is 5.94. The van der Waals surface area contributed by atoms with E-state index in [0.717, 1.165) is 38.0 Å². The normalized spacial score (nSPS) is 16.3. The third kappa shape index (κ3) is 4.99. The SMILES string of the molecule is CCCCOC(=O)c1ccc(NC(=O)[C@H]2CCCN(c3ccc4nncn4n3)C2)cc1. The summed E-state index contributed by atoms with van der Waals surface area (Å²) in [7, 11) is 0. The number of amides is 1. The van der Waals surface area contributed by atoms with Crippen molar-refractivity contribution < 1.29 is 14.3 Å². The van der Waals surface area contributed by atoms with E-state index in [-0.39, 0.29) is 17.8 Å². The quantitative estimate of drug-likeness (QED) is 0.461. The van der Waals surface area contributed by atoms with E-state index in [9.17, 15) is 9.59 Å². The predicted octanol–water partition coefficient (Wildman–Crippen LogP) is 2.94. The molecule has 1 atom stereocenters. The molecule has 1 amide bonds. The molecular formula is C22H26N6O3. The number of hydrogen-bond acceptors (Lipinski definition) is 7. The van der Waals surface area contributed by atoms with Crippen molar-refractivity contribution in [3.8, 4) is 0 Å². The number of fused-ring (bicyclic) bond motifs is 1. The largest absolute Gasteiger partial charge is 0.462 e. The second-order valence-corrected chi connectivity index (χ2v) is 7.67. The second kappa shape index (κ2) is 9.55. The summed E-state index contributed by atoms with van der Waals surface area (Å²) in [5.74, 6) is 0.279. The van der Waals surface area contributed by atoms with Crippen molar-refractivity contribution >= 4 is 29.0 Å². The van der Waals surface area contributed by atoms with Crippen LogP contribution in [0.25, 0.3) is 5.65 Å². The highest BCUT2D eigenvalue weighted by Gasteiger charge is 2.27. The van der Waals surface area contributed by atoms with Crippen molar-refractivity contribution in [1.29, 1.82) is 0 Å². The Morgan fingerprint density at radius 1 is 1.19 bits per heavy atom. The number of anilines is 2. The maximum Gasteiger partial charge on any atom is 0.338 e. The minimum atomic E-state index is -0.341. The van der Waals surface area contributed by atoms with E-state index in [1.807, 2.05) is 19.1 Å². The number of rotatable bonds is 7. The molecule has 1 aromatic carbocycles. The summed E-state index contributed by atoms with van der Waals surface area (Å²) in [6.07, 6.45) is 5.11. The number of nitrogens with zero attached hydrogens (tertiary/aromatic N) is 5. The Bertz CT molecular complexity index is 1050. The van der Waals surface area contributed by atoms with Crippen LogP contribution in [0.3, 0.4) is 0 Å². The van der Waals surface area contributed by atoms with Gasteiger partial charge in [-0.3, -0.25) is 4.79 Å². The van der Waals surface area contributed by atoms with Gasteiger partial charge in [0.05, 0.1) is 18.1 Å². The first-order valence-electron chi connectivity index (χ1n) is 10.6. The fourth-order valence-corrected chi connectivity index (χ4v) is 3.61. The third-order valence-corrected chi connectivity index (χ3v) is 5.38. The highest BCUT2D eigenvalue weighted by atomic mass is 16.5. The van der Waals surface area contributed by atoms with E-state index in [1.54, 1.807) is 35.1 Å². The van der Waals surface area contributed by atoms with Gasteiger partial charge in [0.2, 0.25) is 5.91 Å². The zero-order valence-corrected chi connectivity index (χ0v) is 17.5. The summed E-state index contributed by atoms with van der Waals surface area (Å²) >= 11 is 0. The molecule has 1 N–H and O–H groups in total. The van der Waals surface area contributed by atoms with Crippen LogP contribution in [0.1, 0.15) is 43.0 Å². The summed E-state index contributed by atoms with van der Waals surface area (Å²) in [5, 5.41) is 15.3. The van der Waals surface area contributed by atoms with Gasteiger partial charge in [0.15, 0.2) is 5.65 Å². The summed E-state index contributed by atoms with van der Waals surface area (Å²) in [4.78, 5) is 27.0. The lowest BCUT2D eigenvalue weighted by Crippen LogP contribution is -2.41. The number of hydrogen-bond donors (Lipinski definition) is 1. The predicted molar refractivity (Wildman–Crippen MR) is 116 cm³/mol. The van der Waals surface area contributed by atoms with Crippen LogP contribution in [0.5, 0.6) is 0 Å². The maximum atomic E-state index is 12.8. The molecule has 162 valence electrons. The molecule has 0 spiro atoms. The van der Waals surface area contributed by atoms with E-state index in [0.29, 0.717) is 30.0 Å². The van der Waals surface area contributed by atoms with Crippen LogP contribution in [-0.4, -0.2) is 51.4 Å². The number of carbonyl (C=O) groups is 2. The minimum Gasteiger partial charge on any atom is -0.462 e. The fourth-order valence-electron chi connectivity index (χ4n) is 3.61. The van der Waals surface area contributed by atoms with Gasteiger partial charge in [-0.25, -0.2) is 4.79 Å². The Morgan fingerprint density at radius 3 is 2.84 bits per heavy atom. The Hall–Kier alpha value is -3.49. The molecule has 3 heterocycles. The number of carbonyl (C=O) groups excluding carboxylic acids is 2. The molecule has 0 radical (unpaired) electrons. The smallest absolute Gasteiger partial charge is 0.338 e. The van der Waals surface area contributed by atoms with Crippen LogP contribution in [0, 0.1) is 5.92 Å². The van der Waals surface area contributed by atoms with E-state index >= 15 is 0 Å². The molecule has 9 heteroatoms. The average molecular weight is 422 g/mol. The molecule has 9 nitrogen and oxygen atoms in total. The Kier molecular flexibility index (Phi) is 6.40. The summed E-state index contributed by atoms with van der Waals surface area (Å²) in [6.45, 7) is 3.90. The second-order valence-electron chi connectivity index (χ2n) is 7.67. The van der Waals surface area contributed by atoms with Gasteiger partial charge >= 0.3 is 5.97 Å². The first kappa shape index (κ1) is 20.8. The average Bonchev–Trinajstić information content (AvgIpc) is 3.28. The van der Waals surface area contributed by atoms with Crippen molar-refractivity contribution in [1.82, 2.24) is 19.8 Å². The molecule has 3 aromatic rings.